The van der Waals surface area contributed by atoms with E-state index in [1.165, 1.54) is 74.5 Å². The predicted molar refractivity (Wildman–Crippen MR) is 202 cm³/mol. The van der Waals surface area contributed by atoms with E-state index in [4.69, 9.17) is 4.74 Å². The first-order chi connectivity index (χ1) is 21.0. The largest absolute Gasteiger partial charge is 0.496 e. The lowest BCUT2D eigenvalue weighted by Gasteiger charge is -2.50. The van der Waals surface area contributed by atoms with Gasteiger partial charge in [-0.3, -0.25) is 0 Å². The first kappa shape index (κ1) is 35.0. The highest BCUT2D eigenvalue weighted by atomic mass is 29.3. The summed E-state index contributed by atoms with van der Waals surface area (Å²) < 4.78 is 6.17. The van der Waals surface area contributed by atoms with Gasteiger partial charge in [0.15, 0.2) is 0 Å². The van der Waals surface area contributed by atoms with Gasteiger partial charge in [0, 0.05) is 26.3 Å². The van der Waals surface area contributed by atoms with Crippen molar-refractivity contribution in [2.45, 2.75) is 166 Å². The summed E-state index contributed by atoms with van der Waals surface area (Å²) in [5.41, 5.74) is 8.18. The normalized spacial score (nSPS) is 28.6. The third-order valence-corrected chi connectivity index (χ3v) is 34.8. The number of benzene rings is 2. The maximum Gasteiger partial charge on any atom is 0.126 e. The van der Waals surface area contributed by atoms with E-state index >= 15 is 0 Å². The maximum absolute atomic E-state index is 6.17. The molecule has 1 nitrogen and oxygen atoms in total. The molecule has 2 aromatic rings. The summed E-state index contributed by atoms with van der Waals surface area (Å²) in [7, 11) is -0.902. The van der Waals surface area contributed by atoms with Gasteiger partial charge in [0.25, 0.3) is 0 Å². The van der Waals surface area contributed by atoms with Crippen LogP contribution in [0.5, 0.6) is 5.75 Å². The standard InChI is InChI=1S/C42H68OSi2/c1-29(31-17-14-13-15-18-31)25-30-21-22-33(26-30)44(9,10)45(11,12)39-24-23-35-34(19-16-20-36(35)39)32-27-37(41(2,3)4)40(43-8)38(28-32)42(5,6)7/h13-15,17-18,27-30,33-36,39H,16,19-26H2,1-12H3. The second-order valence-electron chi connectivity index (χ2n) is 19.1. The number of hydrogen-bond acceptors (Lipinski definition) is 1. The third kappa shape index (κ3) is 6.83. The van der Waals surface area contributed by atoms with Crippen LogP contribution in [0.2, 0.25) is 37.3 Å². The highest BCUT2D eigenvalue weighted by Crippen LogP contribution is 2.61. The van der Waals surface area contributed by atoms with Crippen LogP contribution in [0.3, 0.4) is 0 Å². The van der Waals surface area contributed by atoms with Crippen molar-refractivity contribution in [1.29, 1.82) is 0 Å². The molecule has 0 radical (unpaired) electrons. The minimum atomic E-state index is -1.41. The number of fused-ring (bicyclic) bond motifs is 1. The van der Waals surface area contributed by atoms with Crippen molar-refractivity contribution >= 4 is 15.2 Å². The second kappa shape index (κ2) is 12.9. The van der Waals surface area contributed by atoms with Crippen LogP contribution < -0.4 is 4.74 Å². The van der Waals surface area contributed by atoms with E-state index in [0.29, 0.717) is 11.8 Å². The van der Waals surface area contributed by atoms with E-state index in [1.54, 1.807) is 5.56 Å². The lowest BCUT2D eigenvalue weighted by molar-refractivity contribution is 0.236. The fourth-order valence-corrected chi connectivity index (χ4v) is 24.8. The van der Waals surface area contributed by atoms with Crippen molar-refractivity contribution in [1.82, 2.24) is 0 Å². The van der Waals surface area contributed by atoms with E-state index < -0.39 is 15.2 Å². The molecule has 3 heteroatoms. The molecule has 0 aliphatic heterocycles. The fraction of sp³-hybridized carbons (Fsp3) is 0.714. The Morgan fingerprint density at radius 1 is 0.756 bits per heavy atom. The van der Waals surface area contributed by atoms with Crippen LogP contribution >= 0.6 is 0 Å². The molecule has 7 atom stereocenters. The monoisotopic (exact) mass is 644 g/mol. The summed E-state index contributed by atoms with van der Waals surface area (Å²) in [6.45, 7) is 28.2. The zero-order chi connectivity index (χ0) is 32.9. The van der Waals surface area contributed by atoms with Crippen LogP contribution in [0.1, 0.15) is 140 Å². The fourth-order valence-electron chi connectivity index (χ4n) is 10.7. The van der Waals surface area contributed by atoms with Crippen LogP contribution in [0.25, 0.3) is 0 Å². The van der Waals surface area contributed by atoms with Gasteiger partial charge in [-0.05, 0) is 81.9 Å². The van der Waals surface area contributed by atoms with Gasteiger partial charge in [0.05, 0.1) is 7.11 Å². The molecule has 0 bridgehead atoms. The SMILES string of the molecule is COc1c(C(C)(C)C)cc(C2CCCC3C2CCC3[Si](C)(C)[Si](C)(C)C2CCC(CC(C)c3ccccc3)C2)cc1C(C)(C)C. The zero-order valence-electron chi connectivity index (χ0n) is 31.4. The van der Waals surface area contributed by atoms with E-state index in [9.17, 15) is 0 Å². The molecule has 45 heavy (non-hydrogen) atoms. The van der Waals surface area contributed by atoms with Crippen LogP contribution in [0.4, 0.5) is 0 Å². The van der Waals surface area contributed by atoms with Crippen LogP contribution in [0, 0.1) is 17.8 Å². The molecule has 0 heterocycles. The molecule has 0 spiro atoms. The Morgan fingerprint density at radius 2 is 1.38 bits per heavy atom. The Hall–Kier alpha value is -1.33. The molecule has 3 saturated carbocycles. The zero-order valence-corrected chi connectivity index (χ0v) is 33.4. The van der Waals surface area contributed by atoms with Gasteiger partial charge in [-0.2, -0.15) is 0 Å². The van der Waals surface area contributed by atoms with E-state index in [0.717, 1.165) is 34.6 Å². The summed E-state index contributed by atoms with van der Waals surface area (Å²) in [4.78, 5) is 0. The van der Waals surface area contributed by atoms with Gasteiger partial charge < -0.3 is 4.74 Å². The Morgan fingerprint density at radius 3 is 1.96 bits per heavy atom. The van der Waals surface area contributed by atoms with Gasteiger partial charge >= 0.3 is 0 Å². The summed E-state index contributed by atoms with van der Waals surface area (Å²) in [5, 5.41) is 0. The predicted octanol–water partition coefficient (Wildman–Crippen LogP) is 12.8. The van der Waals surface area contributed by atoms with Crippen LogP contribution in [-0.4, -0.2) is 22.3 Å². The Kier molecular flexibility index (Phi) is 10.1. The van der Waals surface area contributed by atoms with Gasteiger partial charge in [0.2, 0.25) is 0 Å². The topological polar surface area (TPSA) is 9.23 Å². The minimum absolute atomic E-state index is 0.0657. The minimum Gasteiger partial charge on any atom is -0.496 e. The highest BCUT2D eigenvalue weighted by Gasteiger charge is 2.57. The smallest absolute Gasteiger partial charge is 0.126 e. The average Bonchev–Trinajstić information content (AvgIpc) is 3.64. The Bertz CT molecular complexity index is 1260. The van der Waals surface area contributed by atoms with Gasteiger partial charge in [0.1, 0.15) is 5.75 Å². The summed E-state index contributed by atoms with van der Waals surface area (Å²) >= 11 is 0. The Labute approximate surface area is 280 Å². The van der Waals surface area contributed by atoms with Crippen LogP contribution in [0.15, 0.2) is 42.5 Å². The highest BCUT2D eigenvalue weighted by molar-refractivity contribution is 7.41. The van der Waals surface area contributed by atoms with Crippen molar-refractivity contribution < 1.29 is 4.74 Å². The van der Waals surface area contributed by atoms with E-state index in [1.807, 2.05) is 7.11 Å². The number of methoxy groups -OCH3 is 1. The summed E-state index contributed by atoms with van der Waals surface area (Å²) in [5.74, 6) is 5.29. The lowest BCUT2D eigenvalue weighted by Crippen LogP contribution is -2.61. The van der Waals surface area contributed by atoms with Gasteiger partial charge in [-0.15, -0.1) is 0 Å². The molecule has 2 aromatic carbocycles. The number of rotatable bonds is 8. The molecular weight excluding hydrogens is 577 g/mol. The average molecular weight is 645 g/mol. The molecule has 3 aliphatic carbocycles. The van der Waals surface area contributed by atoms with Gasteiger partial charge in [-0.25, -0.2) is 0 Å². The van der Waals surface area contributed by atoms with Crippen molar-refractivity contribution in [3.05, 3.63) is 64.7 Å². The van der Waals surface area contributed by atoms with E-state index in [-0.39, 0.29) is 10.8 Å². The molecule has 250 valence electrons. The summed E-state index contributed by atoms with van der Waals surface area (Å²) in [6, 6.07) is 16.5. The van der Waals surface area contributed by atoms with E-state index in [2.05, 4.69) is 117 Å². The van der Waals surface area contributed by atoms with Crippen molar-refractivity contribution in [2.24, 2.45) is 17.8 Å². The first-order valence-electron chi connectivity index (χ1n) is 18.7. The molecule has 5 rings (SSSR count). The van der Waals surface area contributed by atoms with Gasteiger partial charge in [-0.1, -0.05) is 156 Å². The first-order valence-corrected chi connectivity index (χ1v) is 25.9. The maximum atomic E-state index is 6.17. The molecule has 0 aromatic heterocycles. The molecule has 0 amide bonds. The third-order valence-electron chi connectivity index (χ3n) is 14.0. The number of ether oxygens (including phenoxy) is 1. The van der Waals surface area contributed by atoms with Crippen LogP contribution in [-0.2, 0) is 10.8 Å². The molecular formula is C42H68OSi2. The lowest BCUT2D eigenvalue weighted by atomic mass is 9.68. The second-order valence-corrected chi connectivity index (χ2v) is 35.2. The number of hydrogen-bond donors (Lipinski definition) is 0. The molecule has 0 saturated heterocycles. The summed E-state index contributed by atoms with van der Waals surface area (Å²) in [6.07, 6.45) is 13.2. The van der Waals surface area contributed by atoms with Crippen molar-refractivity contribution in [3.8, 4) is 5.75 Å². The Balaban J connectivity index is 1.36. The van der Waals surface area contributed by atoms with Crippen molar-refractivity contribution in [3.63, 3.8) is 0 Å². The molecule has 3 aliphatic rings. The quantitative estimate of drug-likeness (QED) is 0.260. The van der Waals surface area contributed by atoms with Crippen molar-refractivity contribution in [2.75, 3.05) is 7.11 Å². The molecule has 7 unspecified atom stereocenters. The molecule has 0 N–H and O–H groups in total. The molecule has 3 fully saturated rings.